The predicted molar refractivity (Wildman–Crippen MR) is 124 cm³/mol. The van der Waals surface area contributed by atoms with Crippen molar-refractivity contribution in [2.75, 3.05) is 13.1 Å². The second-order valence-electron chi connectivity index (χ2n) is 8.32. The molecule has 1 fully saturated rings. The van der Waals surface area contributed by atoms with Gasteiger partial charge >= 0.3 is 0 Å². The highest BCUT2D eigenvalue weighted by molar-refractivity contribution is 7.89. The molecule has 2 amide bonds. The van der Waals surface area contributed by atoms with Gasteiger partial charge in [0.15, 0.2) is 0 Å². The molecular formula is C23H27ClFN3O4S. The van der Waals surface area contributed by atoms with Crippen LogP contribution in [0.1, 0.15) is 37.0 Å². The molecule has 3 rings (SSSR count). The number of hydrogen-bond acceptors (Lipinski definition) is 4. The molecule has 0 bridgehead atoms. The van der Waals surface area contributed by atoms with Crippen molar-refractivity contribution in [2.24, 2.45) is 5.92 Å². The molecule has 0 radical (unpaired) electrons. The number of sulfonamides is 1. The van der Waals surface area contributed by atoms with Crippen molar-refractivity contribution in [1.29, 1.82) is 0 Å². The molecule has 0 spiro atoms. The fraction of sp³-hybridized carbons (Fsp3) is 0.391. The smallest absolute Gasteiger partial charge is 0.251 e. The molecule has 2 aromatic carbocycles. The van der Waals surface area contributed by atoms with Crippen LogP contribution in [-0.4, -0.2) is 49.7 Å². The number of nitrogens with one attached hydrogen (secondary N) is 2. The van der Waals surface area contributed by atoms with Gasteiger partial charge in [-0.25, -0.2) is 12.8 Å². The first-order valence-electron chi connectivity index (χ1n) is 10.7. The van der Waals surface area contributed by atoms with Gasteiger partial charge in [0, 0.05) is 29.7 Å². The molecule has 1 aliphatic heterocycles. The van der Waals surface area contributed by atoms with Crippen LogP contribution in [0.5, 0.6) is 0 Å². The summed E-state index contributed by atoms with van der Waals surface area (Å²) in [4.78, 5) is 25.7. The maximum atomic E-state index is 13.2. The highest BCUT2D eigenvalue weighted by Crippen LogP contribution is 2.27. The Kier molecular flexibility index (Phi) is 8.10. The van der Waals surface area contributed by atoms with Crippen LogP contribution in [0.4, 0.5) is 4.39 Å². The number of carbonyl (C=O) groups is 2. The summed E-state index contributed by atoms with van der Waals surface area (Å²) in [6, 6.07) is 10.1. The Hall–Kier alpha value is -2.49. The second kappa shape index (κ2) is 10.6. The molecular weight excluding hydrogens is 469 g/mol. The molecule has 33 heavy (non-hydrogen) atoms. The third-order valence-electron chi connectivity index (χ3n) is 5.53. The van der Waals surface area contributed by atoms with Crippen molar-refractivity contribution in [2.45, 2.75) is 43.7 Å². The molecule has 178 valence electrons. The SMILES string of the molecule is CC(C)NC(=O)[C@H](NC(=O)c1ccc(F)cc1)C1CCN(S(=O)(=O)c2ccc(Cl)cc2)CC1. The van der Waals surface area contributed by atoms with Gasteiger partial charge in [-0.15, -0.1) is 0 Å². The van der Waals surface area contributed by atoms with Crippen LogP contribution < -0.4 is 10.6 Å². The normalized spacial score (nSPS) is 16.4. The zero-order valence-electron chi connectivity index (χ0n) is 18.4. The van der Waals surface area contributed by atoms with Gasteiger partial charge in [0.05, 0.1) is 4.90 Å². The van der Waals surface area contributed by atoms with Gasteiger partial charge in [0.1, 0.15) is 11.9 Å². The first-order valence-corrected chi connectivity index (χ1v) is 12.5. The van der Waals surface area contributed by atoms with Crippen LogP contribution in [0.25, 0.3) is 0 Å². The van der Waals surface area contributed by atoms with Crippen molar-refractivity contribution in [3.05, 3.63) is 64.9 Å². The summed E-state index contributed by atoms with van der Waals surface area (Å²) >= 11 is 5.86. The van der Waals surface area contributed by atoms with Gasteiger partial charge in [0.25, 0.3) is 5.91 Å². The summed E-state index contributed by atoms with van der Waals surface area (Å²) in [5.74, 6) is -1.55. The number of amides is 2. The average molecular weight is 496 g/mol. The van der Waals surface area contributed by atoms with Crippen LogP contribution in [0.2, 0.25) is 5.02 Å². The molecule has 0 unspecified atom stereocenters. The Morgan fingerprint density at radius 3 is 2.12 bits per heavy atom. The Bertz CT molecular complexity index is 1080. The number of hydrogen-bond donors (Lipinski definition) is 2. The van der Waals surface area contributed by atoms with Gasteiger partial charge in [-0.2, -0.15) is 4.31 Å². The fourth-order valence-electron chi connectivity index (χ4n) is 3.80. The molecule has 7 nitrogen and oxygen atoms in total. The van der Waals surface area contributed by atoms with Crippen molar-refractivity contribution in [1.82, 2.24) is 14.9 Å². The van der Waals surface area contributed by atoms with E-state index in [2.05, 4.69) is 10.6 Å². The predicted octanol–water partition coefficient (Wildman–Crippen LogP) is 3.20. The average Bonchev–Trinajstić information content (AvgIpc) is 2.77. The van der Waals surface area contributed by atoms with E-state index in [0.717, 1.165) is 0 Å². The van der Waals surface area contributed by atoms with Crippen LogP contribution in [0, 0.1) is 11.7 Å². The summed E-state index contributed by atoms with van der Waals surface area (Å²) in [6.07, 6.45) is 0.791. The summed E-state index contributed by atoms with van der Waals surface area (Å²) < 4.78 is 40.5. The Balaban J connectivity index is 1.73. The zero-order chi connectivity index (χ0) is 24.2. The minimum absolute atomic E-state index is 0.131. The quantitative estimate of drug-likeness (QED) is 0.616. The molecule has 2 N–H and O–H groups in total. The van der Waals surface area contributed by atoms with Crippen LogP contribution >= 0.6 is 11.6 Å². The van der Waals surface area contributed by atoms with Crippen molar-refractivity contribution in [3.63, 3.8) is 0 Å². The summed E-state index contributed by atoms with van der Waals surface area (Å²) in [7, 11) is -3.69. The number of carbonyl (C=O) groups excluding carboxylic acids is 2. The molecule has 0 aromatic heterocycles. The molecule has 1 atom stereocenters. The van der Waals surface area contributed by atoms with Gasteiger partial charge in [-0.1, -0.05) is 11.6 Å². The van der Waals surface area contributed by atoms with Gasteiger partial charge < -0.3 is 10.6 Å². The van der Waals surface area contributed by atoms with Crippen molar-refractivity contribution < 1.29 is 22.4 Å². The Morgan fingerprint density at radius 1 is 1.00 bits per heavy atom. The van der Waals surface area contributed by atoms with E-state index in [0.29, 0.717) is 17.9 Å². The number of piperidine rings is 1. The van der Waals surface area contributed by atoms with Crippen LogP contribution in [-0.2, 0) is 14.8 Å². The maximum Gasteiger partial charge on any atom is 0.251 e. The molecule has 2 aromatic rings. The second-order valence-corrected chi connectivity index (χ2v) is 10.7. The number of halogens is 2. The molecule has 1 saturated heterocycles. The minimum atomic E-state index is -3.69. The first kappa shape index (κ1) is 25.1. The lowest BCUT2D eigenvalue weighted by Gasteiger charge is -2.35. The van der Waals surface area contributed by atoms with Crippen LogP contribution in [0.15, 0.2) is 53.4 Å². The summed E-state index contributed by atoms with van der Waals surface area (Å²) in [5, 5.41) is 6.03. The minimum Gasteiger partial charge on any atom is -0.352 e. The van der Waals surface area contributed by atoms with E-state index in [1.807, 2.05) is 13.8 Å². The lowest BCUT2D eigenvalue weighted by Crippen LogP contribution is -2.54. The molecule has 0 aliphatic carbocycles. The molecule has 1 heterocycles. The lowest BCUT2D eigenvalue weighted by molar-refractivity contribution is -0.125. The van der Waals surface area contributed by atoms with Crippen molar-refractivity contribution in [3.8, 4) is 0 Å². The highest BCUT2D eigenvalue weighted by atomic mass is 35.5. The van der Waals surface area contributed by atoms with E-state index in [-0.39, 0.29) is 41.4 Å². The number of rotatable bonds is 7. The lowest BCUT2D eigenvalue weighted by atomic mass is 9.89. The van der Waals surface area contributed by atoms with E-state index in [4.69, 9.17) is 11.6 Å². The topological polar surface area (TPSA) is 95.6 Å². The van der Waals surface area contributed by atoms with Crippen LogP contribution in [0.3, 0.4) is 0 Å². The fourth-order valence-corrected chi connectivity index (χ4v) is 5.40. The highest BCUT2D eigenvalue weighted by Gasteiger charge is 2.36. The standard InChI is InChI=1S/C23H27ClFN3O4S/c1-15(2)26-23(30)21(27-22(29)17-3-7-19(25)8-4-17)16-11-13-28(14-12-16)33(31,32)20-9-5-18(24)6-10-20/h3-10,15-16,21H,11-14H2,1-2H3,(H,26,30)(H,27,29)/t21-/m1/s1. The largest absolute Gasteiger partial charge is 0.352 e. The van der Waals surface area contributed by atoms with E-state index in [1.165, 1.54) is 52.8 Å². The van der Waals surface area contributed by atoms with E-state index in [9.17, 15) is 22.4 Å². The summed E-state index contributed by atoms with van der Waals surface area (Å²) in [5.41, 5.74) is 0.237. The number of nitrogens with zero attached hydrogens (tertiary/aromatic N) is 1. The van der Waals surface area contributed by atoms with Gasteiger partial charge in [-0.05, 0) is 81.1 Å². The molecule has 10 heteroatoms. The van der Waals surface area contributed by atoms with Gasteiger partial charge in [-0.3, -0.25) is 9.59 Å². The maximum absolute atomic E-state index is 13.2. The first-order chi connectivity index (χ1) is 15.6. The third-order valence-corrected chi connectivity index (χ3v) is 7.69. The van der Waals surface area contributed by atoms with Crippen molar-refractivity contribution >= 4 is 33.4 Å². The number of benzene rings is 2. The molecule has 0 saturated carbocycles. The Labute approximate surface area is 198 Å². The van der Waals surface area contributed by atoms with E-state index < -0.39 is 27.8 Å². The third kappa shape index (κ3) is 6.31. The van der Waals surface area contributed by atoms with Gasteiger partial charge in [0.2, 0.25) is 15.9 Å². The van der Waals surface area contributed by atoms with E-state index in [1.54, 1.807) is 0 Å². The van der Waals surface area contributed by atoms with E-state index >= 15 is 0 Å². The Morgan fingerprint density at radius 2 is 1.58 bits per heavy atom. The monoisotopic (exact) mass is 495 g/mol. The molecule has 1 aliphatic rings. The summed E-state index contributed by atoms with van der Waals surface area (Å²) in [6.45, 7) is 4.07. The zero-order valence-corrected chi connectivity index (χ0v) is 20.0.